The first-order chi connectivity index (χ1) is 16.8. The van der Waals surface area contributed by atoms with Gasteiger partial charge in [0.1, 0.15) is 0 Å². The molecule has 174 valence electrons. The quantitative estimate of drug-likeness (QED) is 0.299. The van der Waals surface area contributed by atoms with Gasteiger partial charge in [-0.2, -0.15) is 22.9 Å². The summed E-state index contributed by atoms with van der Waals surface area (Å²) in [6, 6.07) is 22.9. The van der Waals surface area contributed by atoms with E-state index in [4.69, 9.17) is 0 Å². The van der Waals surface area contributed by atoms with Crippen LogP contribution < -0.4 is 5.56 Å². The molecule has 0 saturated heterocycles. The summed E-state index contributed by atoms with van der Waals surface area (Å²) in [6.07, 6.45) is -1.17. The van der Waals surface area contributed by atoms with E-state index in [-0.39, 0.29) is 11.4 Å². The number of rotatable bonds is 4. The number of alkyl halides is 3. The summed E-state index contributed by atoms with van der Waals surface area (Å²) in [7, 11) is 0. The molecule has 0 atom stereocenters. The molecule has 5 nitrogen and oxygen atoms in total. The molecule has 0 radical (unpaired) electrons. The number of hydrogen-bond acceptors (Lipinski definition) is 3. The van der Waals surface area contributed by atoms with Gasteiger partial charge >= 0.3 is 6.18 Å². The first-order valence-electron chi connectivity index (χ1n) is 10.8. The molecule has 0 amide bonds. The van der Waals surface area contributed by atoms with Crippen LogP contribution >= 0.6 is 0 Å². The average Bonchev–Trinajstić information content (AvgIpc) is 3.32. The second-order valence-corrected chi connectivity index (χ2v) is 8.03. The molecule has 0 unspecified atom stereocenters. The van der Waals surface area contributed by atoms with Crippen molar-refractivity contribution < 1.29 is 13.2 Å². The Morgan fingerprint density at radius 3 is 2.51 bits per heavy atom. The van der Waals surface area contributed by atoms with Crippen LogP contribution in [0.4, 0.5) is 13.2 Å². The van der Waals surface area contributed by atoms with Gasteiger partial charge in [0.15, 0.2) is 5.82 Å². The number of aryl methyl sites for hydroxylation is 1. The number of fused-ring (bicyclic) bond motifs is 1. The van der Waals surface area contributed by atoms with Gasteiger partial charge < -0.3 is 4.57 Å². The Morgan fingerprint density at radius 2 is 1.71 bits per heavy atom. The highest BCUT2D eigenvalue weighted by Gasteiger charge is 2.31. The lowest BCUT2D eigenvalue weighted by atomic mass is 10.1. The molecule has 0 N–H and O–H groups in total. The molecule has 0 fully saturated rings. The molecule has 0 aliphatic rings. The summed E-state index contributed by atoms with van der Waals surface area (Å²) in [5.41, 5.74) is 1.88. The summed E-state index contributed by atoms with van der Waals surface area (Å²) in [5, 5.41) is 4.70. The zero-order valence-electron chi connectivity index (χ0n) is 18.6. The predicted molar refractivity (Wildman–Crippen MR) is 130 cm³/mol. The van der Waals surface area contributed by atoms with E-state index in [0.29, 0.717) is 16.6 Å². The van der Waals surface area contributed by atoms with Crippen LogP contribution in [0.3, 0.4) is 0 Å². The molecule has 0 aliphatic carbocycles. The first-order valence-corrected chi connectivity index (χ1v) is 10.8. The lowest BCUT2D eigenvalue weighted by Crippen LogP contribution is -2.20. The number of halogens is 3. The van der Waals surface area contributed by atoms with Crippen molar-refractivity contribution in [3.8, 4) is 17.1 Å². The number of benzene rings is 3. The van der Waals surface area contributed by atoms with Crippen molar-refractivity contribution in [2.45, 2.75) is 13.1 Å². The van der Waals surface area contributed by atoms with Crippen molar-refractivity contribution in [3.63, 3.8) is 0 Å². The van der Waals surface area contributed by atoms with Gasteiger partial charge in [-0.3, -0.25) is 4.79 Å². The van der Waals surface area contributed by atoms with Crippen molar-refractivity contribution in [1.82, 2.24) is 14.2 Å². The highest BCUT2D eigenvalue weighted by molar-refractivity contribution is 5.81. The van der Waals surface area contributed by atoms with Gasteiger partial charge in [-0.25, -0.2) is 4.98 Å². The van der Waals surface area contributed by atoms with E-state index in [1.807, 2.05) is 54.1 Å². The molecular formula is C27H19F3N4O. The summed E-state index contributed by atoms with van der Waals surface area (Å²) < 4.78 is 43.0. The van der Waals surface area contributed by atoms with Crippen LogP contribution in [0.2, 0.25) is 0 Å². The van der Waals surface area contributed by atoms with E-state index in [0.717, 1.165) is 28.1 Å². The number of aromatic nitrogens is 3. The van der Waals surface area contributed by atoms with Gasteiger partial charge in [0.25, 0.3) is 5.56 Å². The lowest BCUT2D eigenvalue weighted by molar-refractivity contribution is -0.137. The van der Waals surface area contributed by atoms with E-state index in [1.165, 1.54) is 18.3 Å². The third-order valence-electron chi connectivity index (χ3n) is 5.57. The van der Waals surface area contributed by atoms with Crippen molar-refractivity contribution in [3.05, 3.63) is 118 Å². The topological polar surface area (TPSA) is 52.2 Å². The Bertz CT molecular complexity index is 1630. The molecule has 0 spiro atoms. The molecule has 0 bridgehead atoms. The van der Waals surface area contributed by atoms with Gasteiger partial charge in [-0.15, -0.1) is 0 Å². The highest BCUT2D eigenvalue weighted by atomic mass is 19.4. The molecule has 5 aromatic rings. The predicted octanol–water partition coefficient (Wildman–Crippen LogP) is 6.06. The zero-order chi connectivity index (χ0) is 24.6. The molecule has 2 aromatic heterocycles. The Hall–Kier alpha value is -4.46. The van der Waals surface area contributed by atoms with Crippen molar-refractivity contribution in [2.75, 3.05) is 0 Å². The second-order valence-electron chi connectivity index (χ2n) is 8.03. The van der Waals surface area contributed by atoms with Gasteiger partial charge in [0, 0.05) is 17.4 Å². The Morgan fingerprint density at radius 1 is 0.914 bits per heavy atom. The SMILES string of the molecule is Cc1cccc(-n2cccc2C=Nn2c(-c3cccc(C(F)(F)F)c3)nc3ccccc3c2=O)c1. The maximum absolute atomic E-state index is 13.4. The largest absolute Gasteiger partial charge is 0.416 e. The minimum atomic E-state index is -4.53. The fraction of sp³-hybridized carbons (Fsp3) is 0.0741. The van der Waals surface area contributed by atoms with E-state index in [9.17, 15) is 18.0 Å². The van der Waals surface area contributed by atoms with Crippen molar-refractivity contribution >= 4 is 17.1 Å². The summed E-state index contributed by atoms with van der Waals surface area (Å²) in [6.45, 7) is 1.99. The highest BCUT2D eigenvalue weighted by Crippen LogP contribution is 2.32. The van der Waals surface area contributed by atoms with Gasteiger partial charge in [0.2, 0.25) is 0 Å². The van der Waals surface area contributed by atoms with Gasteiger partial charge in [-0.1, -0.05) is 36.4 Å². The summed E-state index contributed by atoms with van der Waals surface area (Å²) in [4.78, 5) is 17.8. The van der Waals surface area contributed by atoms with Crippen LogP contribution in [-0.4, -0.2) is 20.4 Å². The number of para-hydroxylation sites is 1. The molecular weight excluding hydrogens is 453 g/mol. The Kier molecular flexibility index (Phi) is 5.56. The minimum absolute atomic E-state index is 0.0183. The van der Waals surface area contributed by atoms with E-state index >= 15 is 0 Å². The van der Waals surface area contributed by atoms with Crippen LogP contribution in [-0.2, 0) is 6.18 Å². The van der Waals surface area contributed by atoms with Crippen molar-refractivity contribution in [1.29, 1.82) is 0 Å². The van der Waals surface area contributed by atoms with E-state index < -0.39 is 17.3 Å². The zero-order valence-corrected chi connectivity index (χ0v) is 18.6. The van der Waals surface area contributed by atoms with Crippen LogP contribution in [0.25, 0.3) is 28.0 Å². The first kappa shape index (κ1) is 22.3. The fourth-order valence-electron chi connectivity index (χ4n) is 3.88. The number of nitrogens with zero attached hydrogens (tertiary/aromatic N) is 4. The van der Waals surface area contributed by atoms with E-state index in [2.05, 4.69) is 10.1 Å². The molecule has 35 heavy (non-hydrogen) atoms. The van der Waals surface area contributed by atoms with Gasteiger partial charge in [0.05, 0.1) is 28.4 Å². The summed E-state index contributed by atoms with van der Waals surface area (Å²) in [5.74, 6) is 0.0183. The molecule has 8 heteroatoms. The third kappa shape index (κ3) is 4.38. The van der Waals surface area contributed by atoms with Crippen LogP contribution in [0, 0.1) is 6.92 Å². The molecule has 5 rings (SSSR count). The molecule has 2 heterocycles. The minimum Gasteiger partial charge on any atom is -0.316 e. The standard InChI is InChI=1S/C27H19F3N4O/c1-18-7-4-10-21(15-18)33-14-6-11-22(33)17-31-34-25(19-8-5-9-20(16-19)27(28,29)30)32-24-13-3-2-12-23(24)26(34)35/h2-17H,1H3. The molecule has 0 saturated carbocycles. The van der Waals surface area contributed by atoms with Crippen LogP contribution in [0.5, 0.6) is 0 Å². The lowest BCUT2D eigenvalue weighted by Gasteiger charge is -2.12. The monoisotopic (exact) mass is 472 g/mol. The molecule has 0 aliphatic heterocycles. The van der Waals surface area contributed by atoms with Crippen LogP contribution in [0.15, 0.2) is 101 Å². The Labute approximate surface area is 198 Å². The third-order valence-corrected chi connectivity index (χ3v) is 5.57. The van der Waals surface area contributed by atoms with E-state index in [1.54, 1.807) is 24.3 Å². The van der Waals surface area contributed by atoms with Crippen molar-refractivity contribution in [2.24, 2.45) is 5.10 Å². The van der Waals surface area contributed by atoms with Crippen LogP contribution in [0.1, 0.15) is 16.8 Å². The molecule has 3 aromatic carbocycles. The maximum Gasteiger partial charge on any atom is 0.416 e. The Balaban J connectivity index is 1.68. The average molecular weight is 472 g/mol. The maximum atomic E-state index is 13.4. The fourth-order valence-corrected chi connectivity index (χ4v) is 3.88. The smallest absolute Gasteiger partial charge is 0.316 e. The number of hydrogen-bond donors (Lipinski definition) is 0. The second kappa shape index (κ2) is 8.72. The normalized spacial score (nSPS) is 12.0. The van der Waals surface area contributed by atoms with Gasteiger partial charge in [-0.05, 0) is 61.0 Å². The summed E-state index contributed by atoms with van der Waals surface area (Å²) >= 11 is 0.